The molecule has 0 saturated carbocycles. The zero-order valence-electron chi connectivity index (χ0n) is 11.3. The molecule has 0 amide bonds. The van der Waals surface area contributed by atoms with E-state index in [1.807, 2.05) is 0 Å². The van der Waals surface area contributed by atoms with Gasteiger partial charge < -0.3 is 9.84 Å². The molecule has 0 fully saturated rings. The number of aliphatic carboxylic acids is 1. The fourth-order valence-electron chi connectivity index (χ4n) is 2.11. The maximum Gasteiger partial charge on any atom is 0.311 e. The van der Waals surface area contributed by atoms with Crippen molar-refractivity contribution < 1.29 is 14.6 Å². The first-order valence-corrected chi connectivity index (χ1v) is 7.07. The summed E-state index contributed by atoms with van der Waals surface area (Å²) in [5.74, 6) is -0.931. The zero-order valence-corrected chi connectivity index (χ0v) is 12.9. The summed E-state index contributed by atoms with van der Waals surface area (Å²) < 4.78 is 5.14. The summed E-state index contributed by atoms with van der Waals surface area (Å²) in [6.07, 6.45) is 0.333. The monoisotopic (exact) mass is 324 g/mol. The van der Waals surface area contributed by atoms with Crippen molar-refractivity contribution in [2.75, 3.05) is 7.11 Å². The van der Waals surface area contributed by atoms with Crippen molar-refractivity contribution >= 4 is 29.2 Å². The lowest BCUT2D eigenvalue weighted by Gasteiger charge is -2.14. The average Bonchev–Trinajstić information content (AvgIpc) is 2.48. The minimum absolute atomic E-state index is 0.333. The minimum Gasteiger partial charge on any atom is -0.497 e. The van der Waals surface area contributed by atoms with Crippen LogP contribution in [0.2, 0.25) is 10.0 Å². The highest BCUT2D eigenvalue weighted by molar-refractivity contribution is 6.42. The highest BCUT2D eigenvalue weighted by atomic mass is 35.5. The topological polar surface area (TPSA) is 46.5 Å². The van der Waals surface area contributed by atoms with E-state index < -0.39 is 11.9 Å². The van der Waals surface area contributed by atoms with Crippen LogP contribution in [0, 0.1) is 0 Å². The number of methoxy groups -OCH3 is 1. The van der Waals surface area contributed by atoms with Crippen molar-refractivity contribution in [3.05, 3.63) is 63.6 Å². The van der Waals surface area contributed by atoms with Gasteiger partial charge in [0.2, 0.25) is 0 Å². The van der Waals surface area contributed by atoms with Crippen LogP contribution in [0.25, 0.3) is 0 Å². The largest absolute Gasteiger partial charge is 0.497 e. The quantitative estimate of drug-likeness (QED) is 0.885. The van der Waals surface area contributed by atoms with Gasteiger partial charge in [-0.3, -0.25) is 4.79 Å². The van der Waals surface area contributed by atoms with Gasteiger partial charge in [0, 0.05) is 0 Å². The van der Waals surface area contributed by atoms with E-state index in [0.29, 0.717) is 27.8 Å². The predicted octanol–water partition coefficient (Wildman–Crippen LogP) is 4.41. The van der Waals surface area contributed by atoms with Crippen molar-refractivity contribution in [3.8, 4) is 5.75 Å². The van der Waals surface area contributed by atoms with E-state index in [1.165, 1.54) is 0 Å². The van der Waals surface area contributed by atoms with Crippen LogP contribution in [0.3, 0.4) is 0 Å². The number of rotatable bonds is 5. The maximum atomic E-state index is 11.6. The van der Waals surface area contributed by atoms with Gasteiger partial charge >= 0.3 is 5.97 Å². The summed E-state index contributed by atoms with van der Waals surface area (Å²) >= 11 is 11.8. The zero-order chi connectivity index (χ0) is 15.4. The number of halogens is 2. The molecule has 1 atom stereocenters. The van der Waals surface area contributed by atoms with E-state index in [2.05, 4.69) is 0 Å². The SMILES string of the molecule is COc1cccc(C(Cc2ccc(Cl)c(Cl)c2)C(=O)O)c1. The van der Waals surface area contributed by atoms with Gasteiger partial charge in [-0.25, -0.2) is 0 Å². The van der Waals surface area contributed by atoms with Gasteiger partial charge in [-0.05, 0) is 41.8 Å². The van der Waals surface area contributed by atoms with Gasteiger partial charge in [0.15, 0.2) is 0 Å². The van der Waals surface area contributed by atoms with Crippen molar-refractivity contribution in [2.24, 2.45) is 0 Å². The Labute approximate surface area is 133 Å². The Morgan fingerprint density at radius 2 is 1.95 bits per heavy atom. The second-order valence-corrected chi connectivity index (χ2v) is 5.43. The Morgan fingerprint density at radius 1 is 1.19 bits per heavy atom. The molecule has 0 aromatic heterocycles. The molecule has 3 nitrogen and oxygen atoms in total. The molecule has 2 rings (SSSR count). The number of hydrogen-bond donors (Lipinski definition) is 1. The fraction of sp³-hybridized carbons (Fsp3) is 0.188. The van der Waals surface area contributed by atoms with E-state index in [4.69, 9.17) is 27.9 Å². The highest BCUT2D eigenvalue weighted by Gasteiger charge is 2.21. The third-order valence-electron chi connectivity index (χ3n) is 3.22. The van der Waals surface area contributed by atoms with Crippen LogP contribution in [0.15, 0.2) is 42.5 Å². The molecule has 5 heteroatoms. The molecule has 0 spiro atoms. The summed E-state index contributed by atoms with van der Waals surface area (Å²) in [6, 6.07) is 12.2. The lowest BCUT2D eigenvalue weighted by molar-refractivity contribution is -0.138. The Balaban J connectivity index is 2.30. The van der Waals surface area contributed by atoms with Crippen LogP contribution in [0.5, 0.6) is 5.75 Å². The first-order valence-electron chi connectivity index (χ1n) is 6.32. The molecule has 110 valence electrons. The van der Waals surface area contributed by atoms with Crippen LogP contribution in [0.1, 0.15) is 17.0 Å². The van der Waals surface area contributed by atoms with Crippen LogP contribution in [0.4, 0.5) is 0 Å². The molecule has 0 aliphatic carbocycles. The fourth-order valence-corrected chi connectivity index (χ4v) is 2.43. The molecule has 0 aliphatic rings. The van der Waals surface area contributed by atoms with E-state index in [0.717, 1.165) is 5.56 Å². The molecule has 2 aromatic carbocycles. The average molecular weight is 325 g/mol. The van der Waals surface area contributed by atoms with Gasteiger partial charge in [-0.2, -0.15) is 0 Å². The van der Waals surface area contributed by atoms with Crippen molar-refractivity contribution in [2.45, 2.75) is 12.3 Å². The number of ether oxygens (including phenoxy) is 1. The number of carboxylic acids is 1. The van der Waals surface area contributed by atoms with Crippen molar-refractivity contribution in [1.82, 2.24) is 0 Å². The van der Waals surface area contributed by atoms with E-state index in [-0.39, 0.29) is 0 Å². The van der Waals surface area contributed by atoms with Crippen LogP contribution >= 0.6 is 23.2 Å². The number of hydrogen-bond acceptors (Lipinski definition) is 2. The summed E-state index contributed by atoms with van der Waals surface area (Å²) in [5.41, 5.74) is 1.51. The molecule has 0 saturated heterocycles. The molecule has 1 unspecified atom stereocenters. The van der Waals surface area contributed by atoms with E-state index in [1.54, 1.807) is 49.6 Å². The molecule has 0 aliphatic heterocycles. The predicted molar refractivity (Wildman–Crippen MR) is 83.5 cm³/mol. The molecule has 0 radical (unpaired) electrons. The first-order chi connectivity index (χ1) is 10.0. The van der Waals surface area contributed by atoms with Crippen LogP contribution < -0.4 is 4.74 Å². The lowest BCUT2D eigenvalue weighted by Crippen LogP contribution is -2.14. The molecule has 0 heterocycles. The molecule has 21 heavy (non-hydrogen) atoms. The van der Waals surface area contributed by atoms with Gasteiger partial charge in [0.1, 0.15) is 5.75 Å². The number of benzene rings is 2. The summed E-state index contributed by atoms with van der Waals surface area (Å²) in [4.78, 5) is 11.6. The van der Waals surface area contributed by atoms with Gasteiger partial charge in [-0.15, -0.1) is 0 Å². The van der Waals surface area contributed by atoms with Crippen LogP contribution in [-0.4, -0.2) is 18.2 Å². The summed E-state index contributed by atoms with van der Waals surface area (Å²) in [6.45, 7) is 0. The summed E-state index contributed by atoms with van der Waals surface area (Å²) in [5, 5.41) is 10.3. The second kappa shape index (κ2) is 6.83. The van der Waals surface area contributed by atoms with Gasteiger partial charge in [0.25, 0.3) is 0 Å². The normalized spacial score (nSPS) is 12.0. The standard InChI is InChI=1S/C16H14Cl2O3/c1-21-12-4-2-3-11(9-12)13(16(19)20)7-10-5-6-14(17)15(18)8-10/h2-6,8-9,13H,7H2,1H3,(H,19,20). The summed E-state index contributed by atoms with van der Waals surface area (Å²) in [7, 11) is 1.55. The smallest absolute Gasteiger partial charge is 0.311 e. The number of carbonyl (C=O) groups is 1. The Kier molecular flexibility index (Phi) is 5.10. The lowest BCUT2D eigenvalue weighted by atomic mass is 9.92. The van der Waals surface area contributed by atoms with Gasteiger partial charge in [-0.1, -0.05) is 41.4 Å². The maximum absolute atomic E-state index is 11.6. The second-order valence-electron chi connectivity index (χ2n) is 4.62. The molecule has 1 N–H and O–H groups in total. The Hall–Kier alpha value is -1.71. The molecule has 2 aromatic rings. The molecular weight excluding hydrogens is 311 g/mol. The highest BCUT2D eigenvalue weighted by Crippen LogP contribution is 2.28. The first kappa shape index (κ1) is 15.7. The molecule has 0 bridgehead atoms. The van der Waals surface area contributed by atoms with E-state index in [9.17, 15) is 9.90 Å². The third kappa shape index (κ3) is 3.90. The van der Waals surface area contributed by atoms with Crippen molar-refractivity contribution in [3.63, 3.8) is 0 Å². The Bertz CT molecular complexity index is 656. The van der Waals surface area contributed by atoms with Crippen LogP contribution in [-0.2, 0) is 11.2 Å². The number of carboxylic acid groups (broad SMARTS) is 1. The van der Waals surface area contributed by atoms with Crippen molar-refractivity contribution in [1.29, 1.82) is 0 Å². The Morgan fingerprint density at radius 3 is 2.57 bits per heavy atom. The minimum atomic E-state index is -0.894. The third-order valence-corrected chi connectivity index (χ3v) is 3.96. The molecular formula is C16H14Cl2O3. The van der Waals surface area contributed by atoms with E-state index >= 15 is 0 Å². The van der Waals surface area contributed by atoms with Gasteiger partial charge in [0.05, 0.1) is 23.1 Å².